The number of benzene rings is 2. The van der Waals surface area contributed by atoms with Gasteiger partial charge in [-0.15, -0.1) is 0 Å². The van der Waals surface area contributed by atoms with Gasteiger partial charge in [-0.1, -0.05) is 43.8 Å². The largest absolute Gasteiger partial charge is 0.310 e. The molecular formula is C16H17F2NS. The molecular weight excluding hydrogens is 276 g/mol. The fourth-order valence-corrected chi connectivity index (χ4v) is 2.55. The van der Waals surface area contributed by atoms with Crippen LogP contribution in [0.1, 0.15) is 19.4 Å². The second-order valence-electron chi connectivity index (χ2n) is 4.83. The van der Waals surface area contributed by atoms with Crippen LogP contribution in [0.25, 0.3) is 0 Å². The highest BCUT2D eigenvalue weighted by atomic mass is 32.2. The van der Waals surface area contributed by atoms with Gasteiger partial charge < -0.3 is 5.32 Å². The summed E-state index contributed by atoms with van der Waals surface area (Å²) in [5.74, 6) is -0.649. The lowest BCUT2D eigenvalue weighted by molar-refractivity contribution is 0.573. The number of hydrogen-bond donors (Lipinski definition) is 1. The van der Waals surface area contributed by atoms with Crippen molar-refractivity contribution in [3.8, 4) is 0 Å². The van der Waals surface area contributed by atoms with Crippen LogP contribution < -0.4 is 5.32 Å². The lowest BCUT2D eigenvalue weighted by Crippen LogP contribution is -2.21. The van der Waals surface area contributed by atoms with Gasteiger partial charge in [0, 0.05) is 22.4 Å². The Bertz CT molecular complexity index is 584. The van der Waals surface area contributed by atoms with Crippen LogP contribution in [-0.4, -0.2) is 6.04 Å². The van der Waals surface area contributed by atoms with Crippen LogP contribution >= 0.6 is 11.8 Å². The van der Waals surface area contributed by atoms with Crippen molar-refractivity contribution in [3.05, 3.63) is 59.7 Å². The zero-order chi connectivity index (χ0) is 14.5. The molecule has 0 unspecified atom stereocenters. The van der Waals surface area contributed by atoms with E-state index in [2.05, 4.69) is 5.32 Å². The van der Waals surface area contributed by atoms with Crippen LogP contribution in [0.5, 0.6) is 0 Å². The van der Waals surface area contributed by atoms with Crippen LogP contribution in [0.15, 0.2) is 52.3 Å². The predicted molar refractivity (Wildman–Crippen MR) is 78.9 cm³/mol. The van der Waals surface area contributed by atoms with Crippen LogP contribution in [0.3, 0.4) is 0 Å². The predicted octanol–water partition coefficient (Wildman–Crippen LogP) is 4.61. The van der Waals surface area contributed by atoms with Crippen LogP contribution in [0.2, 0.25) is 0 Å². The van der Waals surface area contributed by atoms with Crippen molar-refractivity contribution >= 4 is 11.8 Å². The number of rotatable bonds is 5. The van der Waals surface area contributed by atoms with E-state index >= 15 is 0 Å². The first-order valence-electron chi connectivity index (χ1n) is 6.50. The van der Waals surface area contributed by atoms with E-state index in [1.165, 1.54) is 12.1 Å². The van der Waals surface area contributed by atoms with Crippen molar-refractivity contribution in [2.45, 2.75) is 36.2 Å². The maximum absolute atomic E-state index is 14.0. The van der Waals surface area contributed by atoms with Crippen LogP contribution in [-0.2, 0) is 6.54 Å². The van der Waals surface area contributed by atoms with Gasteiger partial charge in [0.05, 0.1) is 0 Å². The molecule has 0 aliphatic carbocycles. The Morgan fingerprint density at radius 3 is 2.35 bits per heavy atom. The molecule has 0 aromatic heterocycles. The van der Waals surface area contributed by atoms with Crippen molar-refractivity contribution in [2.24, 2.45) is 0 Å². The first-order chi connectivity index (χ1) is 9.56. The molecule has 0 bridgehead atoms. The van der Waals surface area contributed by atoms with E-state index in [1.54, 1.807) is 24.3 Å². The van der Waals surface area contributed by atoms with E-state index in [0.29, 0.717) is 22.4 Å². The summed E-state index contributed by atoms with van der Waals surface area (Å²) in [7, 11) is 0. The standard InChI is InChI=1S/C16H17F2NS/c1-11(2)19-10-12-7-8-16(14(18)9-12)20-15-6-4-3-5-13(15)17/h3-9,11,19H,10H2,1-2H3. The van der Waals surface area contributed by atoms with Gasteiger partial charge in [-0.05, 0) is 29.8 Å². The normalized spacial score (nSPS) is 11.1. The minimum Gasteiger partial charge on any atom is -0.310 e. The quantitative estimate of drug-likeness (QED) is 0.863. The molecule has 2 aromatic carbocycles. The van der Waals surface area contributed by atoms with Gasteiger partial charge in [0.15, 0.2) is 0 Å². The van der Waals surface area contributed by atoms with Gasteiger partial charge in [0.1, 0.15) is 11.6 Å². The molecule has 1 nitrogen and oxygen atoms in total. The fourth-order valence-electron chi connectivity index (χ4n) is 1.71. The molecule has 1 N–H and O–H groups in total. The van der Waals surface area contributed by atoms with Crippen molar-refractivity contribution in [1.82, 2.24) is 5.32 Å². The second-order valence-corrected chi connectivity index (χ2v) is 5.92. The lowest BCUT2D eigenvalue weighted by Gasteiger charge is -2.10. The van der Waals surface area contributed by atoms with Gasteiger partial charge in [0.2, 0.25) is 0 Å². The Hall–Kier alpha value is -1.39. The van der Waals surface area contributed by atoms with E-state index in [9.17, 15) is 8.78 Å². The summed E-state index contributed by atoms with van der Waals surface area (Å²) in [4.78, 5) is 0.864. The molecule has 0 aliphatic heterocycles. The van der Waals surface area contributed by atoms with Crippen LogP contribution in [0.4, 0.5) is 8.78 Å². The molecule has 106 valence electrons. The topological polar surface area (TPSA) is 12.0 Å². The fraction of sp³-hybridized carbons (Fsp3) is 0.250. The Labute approximate surface area is 122 Å². The molecule has 0 saturated heterocycles. The molecule has 0 saturated carbocycles. The molecule has 0 aliphatic rings. The third-order valence-corrected chi connectivity index (χ3v) is 3.87. The molecule has 0 heterocycles. The molecule has 2 rings (SSSR count). The number of nitrogens with one attached hydrogen (secondary N) is 1. The molecule has 0 fully saturated rings. The lowest BCUT2D eigenvalue weighted by atomic mass is 10.2. The van der Waals surface area contributed by atoms with Gasteiger partial charge >= 0.3 is 0 Å². The average Bonchev–Trinajstić information content (AvgIpc) is 2.41. The highest BCUT2D eigenvalue weighted by Gasteiger charge is 2.08. The first-order valence-corrected chi connectivity index (χ1v) is 7.32. The zero-order valence-corrected chi connectivity index (χ0v) is 12.3. The molecule has 20 heavy (non-hydrogen) atoms. The SMILES string of the molecule is CC(C)NCc1ccc(Sc2ccccc2F)c(F)c1. The maximum atomic E-state index is 14.0. The van der Waals surface area contributed by atoms with Gasteiger partial charge in [-0.2, -0.15) is 0 Å². The summed E-state index contributed by atoms with van der Waals surface area (Å²) in [6.07, 6.45) is 0. The van der Waals surface area contributed by atoms with Crippen molar-refractivity contribution < 1.29 is 8.78 Å². The number of halogens is 2. The minimum absolute atomic E-state index is 0.318. The smallest absolute Gasteiger partial charge is 0.137 e. The third-order valence-electron chi connectivity index (χ3n) is 2.77. The summed E-state index contributed by atoms with van der Waals surface area (Å²) >= 11 is 1.10. The zero-order valence-electron chi connectivity index (χ0n) is 11.5. The summed E-state index contributed by atoms with van der Waals surface area (Å²) in [6, 6.07) is 11.8. The highest BCUT2D eigenvalue weighted by Crippen LogP contribution is 2.31. The van der Waals surface area contributed by atoms with Crippen LogP contribution in [0, 0.1) is 11.6 Å². The Morgan fingerprint density at radius 1 is 1.00 bits per heavy atom. The Kier molecular flexibility index (Phi) is 5.15. The van der Waals surface area contributed by atoms with E-state index in [4.69, 9.17) is 0 Å². The monoisotopic (exact) mass is 293 g/mol. The van der Waals surface area contributed by atoms with E-state index < -0.39 is 0 Å². The van der Waals surface area contributed by atoms with Gasteiger partial charge in [-0.3, -0.25) is 0 Å². The van der Waals surface area contributed by atoms with E-state index in [1.807, 2.05) is 19.9 Å². The molecule has 0 spiro atoms. The molecule has 0 amide bonds. The molecule has 4 heteroatoms. The highest BCUT2D eigenvalue weighted by molar-refractivity contribution is 7.99. The number of hydrogen-bond acceptors (Lipinski definition) is 2. The first kappa shape index (κ1) is 15.0. The Morgan fingerprint density at radius 2 is 1.70 bits per heavy atom. The average molecular weight is 293 g/mol. The third kappa shape index (κ3) is 4.05. The van der Waals surface area contributed by atoms with E-state index in [0.717, 1.165) is 17.3 Å². The summed E-state index contributed by atoms with van der Waals surface area (Å²) in [6.45, 7) is 4.71. The van der Waals surface area contributed by atoms with Gasteiger partial charge in [-0.25, -0.2) is 8.78 Å². The van der Waals surface area contributed by atoms with Gasteiger partial charge in [0.25, 0.3) is 0 Å². The second kappa shape index (κ2) is 6.86. The summed E-state index contributed by atoms with van der Waals surface area (Å²) in [5, 5.41) is 3.23. The Balaban J connectivity index is 2.12. The van der Waals surface area contributed by atoms with Crippen molar-refractivity contribution in [3.63, 3.8) is 0 Å². The molecule has 0 radical (unpaired) electrons. The molecule has 2 aromatic rings. The summed E-state index contributed by atoms with van der Waals surface area (Å²) in [5.41, 5.74) is 0.883. The molecule has 0 atom stereocenters. The maximum Gasteiger partial charge on any atom is 0.137 e. The minimum atomic E-state index is -0.331. The van der Waals surface area contributed by atoms with Crippen molar-refractivity contribution in [2.75, 3.05) is 0 Å². The summed E-state index contributed by atoms with van der Waals surface area (Å²) < 4.78 is 27.6. The van der Waals surface area contributed by atoms with Crippen molar-refractivity contribution in [1.29, 1.82) is 0 Å². The van der Waals surface area contributed by atoms with E-state index in [-0.39, 0.29) is 11.6 Å².